The van der Waals surface area contributed by atoms with Crippen molar-refractivity contribution in [3.05, 3.63) is 11.9 Å². The molecule has 2 unspecified atom stereocenters. The molecular formula is C10H18N4O. The van der Waals surface area contributed by atoms with E-state index in [1.54, 1.807) is 7.11 Å². The van der Waals surface area contributed by atoms with Gasteiger partial charge in [-0.15, -0.1) is 5.10 Å². The summed E-state index contributed by atoms with van der Waals surface area (Å²) in [4.78, 5) is 0. The van der Waals surface area contributed by atoms with Gasteiger partial charge in [-0.25, -0.2) is 4.68 Å². The van der Waals surface area contributed by atoms with E-state index < -0.39 is 0 Å². The minimum Gasteiger partial charge on any atom is -0.381 e. The van der Waals surface area contributed by atoms with Gasteiger partial charge in [-0.1, -0.05) is 5.21 Å². The van der Waals surface area contributed by atoms with Crippen LogP contribution in [-0.2, 0) is 11.3 Å². The van der Waals surface area contributed by atoms with Crippen LogP contribution in [0.3, 0.4) is 0 Å². The lowest BCUT2D eigenvalue weighted by atomic mass is 9.93. The maximum atomic E-state index is 5.51. The van der Waals surface area contributed by atoms with Crippen molar-refractivity contribution in [2.75, 3.05) is 7.11 Å². The predicted molar refractivity (Wildman–Crippen MR) is 56.2 cm³/mol. The fourth-order valence-electron chi connectivity index (χ4n) is 2.16. The molecule has 0 bridgehead atoms. The van der Waals surface area contributed by atoms with Gasteiger partial charge in [0, 0.05) is 13.7 Å². The van der Waals surface area contributed by atoms with Gasteiger partial charge in [0.25, 0.3) is 0 Å². The molecule has 5 heteroatoms. The van der Waals surface area contributed by atoms with Gasteiger partial charge >= 0.3 is 0 Å². The zero-order valence-corrected chi connectivity index (χ0v) is 9.09. The highest BCUT2D eigenvalue weighted by molar-refractivity contribution is 4.93. The van der Waals surface area contributed by atoms with E-state index in [4.69, 9.17) is 10.5 Å². The molecule has 1 aliphatic carbocycles. The van der Waals surface area contributed by atoms with E-state index in [9.17, 15) is 0 Å². The van der Waals surface area contributed by atoms with Gasteiger partial charge in [0.1, 0.15) is 0 Å². The van der Waals surface area contributed by atoms with Gasteiger partial charge < -0.3 is 10.5 Å². The zero-order chi connectivity index (χ0) is 10.7. The Hall–Kier alpha value is -0.940. The van der Waals surface area contributed by atoms with Crippen LogP contribution in [0.1, 0.15) is 37.4 Å². The Bertz CT molecular complexity index is 312. The van der Waals surface area contributed by atoms with E-state index in [1.807, 2.05) is 10.9 Å². The molecule has 1 saturated carbocycles. The lowest BCUT2D eigenvalue weighted by Gasteiger charge is -2.27. The molecule has 1 aromatic rings. The van der Waals surface area contributed by atoms with Crippen molar-refractivity contribution in [3.63, 3.8) is 0 Å². The Labute approximate surface area is 89.6 Å². The number of ether oxygens (including phenoxy) is 1. The van der Waals surface area contributed by atoms with Crippen LogP contribution < -0.4 is 5.73 Å². The fraction of sp³-hybridized carbons (Fsp3) is 0.800. The van der Waals surface area contributed by atoms with Crippen molar-refractivity contribution in [3.8, 4) is 0 Å². The van der Waals surface area contributed by atoms with Crippen molar-refractivity contribution < 1.29 is 4.74 Å². The average Bonchev–Trinajstić information content (AvgIpc) is 2.78. The first kappa shape index (κ1) is 10.6. The highest BCUT2D eigenvalue weighted by Gasteiger charge is 2.23. The summed E-state index contributed by atoms with van der Waals surface area (Å²) < 4.78 is 7.33. The molecule has 5 nitrogen and oxygen atoms in total. The molecule has 2 N–H and O–H groups in total. The van der Waals surface area contributed by atoms with Crippen LogP contribution in [0.4, 0.5) is 0 Å². The summed E-state index contributed by atoms with van der Waals surface area (Å²) in [5, 5.41) is 8.12. The second-order valence-electron chi connectivity index (χ2n) is 4.07. The first-order valence-electron chi connectivity index (χ1n) is 5.47. The molecule has 0 radical (unpaired) electrons. The molecule has 2 rings (SSSR count). The van der Waals surface area contributed by atoms with Gasteiger partial charge in [0.05, 0.1) is 24.0 Å². The molecule has 1 fully saturated rings. The molecule has 0 aliphatic heterocycles. The Kier molecular flexibility index (Phi) is 3.33. The Morgan fingerprint density at radius 1 is 1.60 bits per heavy atom. The van der Waals surface area contributed by atoms with Crippen molar-refractivity contribution in [2.45, 2.75) is 44.4 Å². The first-order valence-corrected chi connectivity index (χ1v) is 5.47. The number of aromatic nitrogens is 3. The quantitative estimate of drug-likeness (QED) is 0.803. The third kappa shape index (κ3) is 2.35. The summed E-state index contributed by atoms with van der Waals surface area (Å²) in [6.45, 7) is 0.459. The van der Waals surface area contributed by atoms with E-state index in [1.165, 1.54) is 6.42 Å². The van der Waals surface area contributed by atoms with Crippen molar-refractivity contribution in [2.24, 2.45) is 5.73 Å². The summed E-state index contributed by atoms with van der Waals surface area (Å²) in [6.07, 6.45) is 6.86. The summed E-state index contributed by atoms with van der Waals surface area (Å²) in [5.74, 6) is 0. The van der Waals surface area contributed by atoms with Gasteiger partial charge in [-0.3, -0.25) is 0 Å². The van der Waals surface area contributed by atoms with Crippen LogP contribution in [0.15, 0.2) is 6.20 Å². The van der Waals surface area contributed by atoms with E-state index in [0.29, 0.717) is 18.7 Å². The number of hydrogen-bond acceptors (Lipinski definition) is 4. The van der Waals surface area contributed by atoms with Crippen LogP contribution in [0.2, 0.25) is 0 Å². The Morgan fingerprint density at radius 3 is 3.13 bits per heavy atom. The second kappa shape index (κ2) is 4.72. The van der Waals surface area contributed by atoms with E-state index in [0.717, 1.165) is 25.0 Å². The van der Waals surface area contributed by atoms with Gasteiger partial charge in [0.2, 0.25) is 0 Å². The van der Waals surface area contributed by atoms with Crippen LogP contribution in [0.5, 0.6) is 0 Å². The number of rotatable bonds is 3. The normalized spacial score (nSPS) is 26.8. The topological polar surface area (TPSA) is 66.0 Å². The van der Waals surface area contributed by atoms with Gasteiger partial charge in [0.15, 0.2) is 0 Å². The minimum atomic E-state index is 0.370. The van der Waals surface area contributed by atoms with E-state index in [2.05, 4.69) is 10.3 Å². The summed E-state index contributed by atoms with van der Waals surface area (Å²) in [6, 6.07) is 0.427. The SMILES string of the molecule is COC1CCCC(n2cc(CN)nn2)C1. The van der Waals surface area contributed by atoms with Crippen LogP contribution in [0.25, 0.3) is 0 Å². The molecule has 2 atom stereocenters. The largest absolute Gasteiger partial charge is 0.381 e. The molecule has 0 aromatic carbocycles. The molecule has 0 amide bonds. The van der Waals surface area contributed by atoms with E-state index >= 15 is 0 Å². The lowest BCUT2D eigenvalue weighted by Crippen LogP contribution is -2.24. The van der Waals surface area contributed by atoms with Crippen LogP contribution in [-0.4, -0.2) is 28.2 Å². The monoisotopic (exact) mass is 210 g/mol. The minimum absolute atomic E-state index is 0.370. The van der Waals surface area contributed by atoms with Crippen LogP contribution >= 0.6 is 0 Å². The molecular weight excluding hydrogens is 192 g/mol. The number of methoxy groups -OCH3 is 1. The summed E-state index contributed by atoms with van der Waals surface area (Å²) in [7, 11) is 1.78. The number of hydrogen-bond donors (Lipinski definition) is 1. The molecule has 1 aromatic heterocycles. The van der Waals surface area contributed by atoms with Gasteiger partial charge in [-0.05, 0) is 25.7 Å². The van der Waals surface area contributed by atoms with Crippen molar-refractivity contribution >= 4 is 0 Å². The third-order valence-electron chi connectivity index (χ3n) is 3.07. The maximum Gasteiger partial charge on any atom is 0.0962 e. The third-order valence-corrected chi connectivity index (χ3v) is 3.07. The van der Waals surface area contributed by atoms with E-state index in [-0.39, 0.29) is 0 Å². The number of nitrogens with two attached hydrogens (primary N) is 1. The highest BCUT2D eigenvalue weighted by Crippen LogP contribution is 2.29. The molecule has 0 saturated heterocycles. The van der Waals surface area contributed by atoms with Crippen molar-refractivity contribution in [1.29, 1.82) is 0 Å². The molecule has 84 valence electrons. The molecule has 15 heavy (non-hydrogen) atoms. The van der Waals surface area contributed by atoms with Gasteiger partial charge in [-0.2, -0.15) is 0 Å². The Morgan fingerprint density at radius 2 is 2.47 bits per heavy atom. The second-order valence-corrected chi connectivity index (χ2v) is 4.07. The Balaban J connectivity index is 2.03. The standard InChI is InChI=1S/C10H18N4O/c1-15-10-4-2-3-9(5-10)14-7-8(6-11)12-13-14/h7,9-10H,2-6,11H2,1H3. The lowest BCUT2D eigenvalue weighted by molar-refractivity contribution is 0.0504. The smallest absolute Gasteiger partial charge is 0.0962 e. The number of nitrogens with zero attached hydrogens (tertiary/aromatic N) is 3. The molecule has 1 aliphatic rings. The maximum absolute atomic E-state index is 5.51. The predicted octanol–water partition coefficient (Wildman–Crippen LogP) is 0.867. The van der Waals surface area contributed by atoms with Crippen LogP contribution in [0, 0.1) is 0 Å². The molecule has 0 spiro atoms. The van der Waals surface area contributed by atoms with Crippen molar-refractivity contribution in [1.82, 2.24) is 15.0 Å². The first-order chi connectivity index (χ1) is 7.33. The molecule has 1 heterocycles. The summed E-state index contributed by atoms with van der Waals surface area (Å²) in [5.41, 5.74) is 6.36. The highest BCUT2D eigenvalue weighted by atomic mass is 16.5. The zero-order valence-electron chi connectivity index (χ0n) is 9.09. The fourth-order valence-corrected chi connectivity index (χ4v) is 2.16. The average molecular weight is 210 g/mol. The summed E-state index contributed by atoms with van der Waals surface area (Å²) >= 11 is 0.